The second-order valence-corrected chi connectivity index (χ2v) is 5.99. The van der Waals surface area contributed by atoms with Crippen LogP contribution in [0.3, 0.4) is 0 Å². The predicted octanol–water partition coefficient (Wildman–Crippen LogP) is 4.29. The normalized spacial score (nSPS) is 15.8. The Kier molecular flexibility index (Phi) is 6.37. The molecule has 0 aliphatic heterocycles. The van der Waals surface area contributed by atoms with E-state index in [0.717, 1.165) is 43.9 Å². The minimum Gasteiger partial charge on any atom is -0.493 e. The summed E-state index contributed by atoms with van der Waals surface area (Å²) in [6.45, 7) is 8.09. The zero-order chi connectivity index (χ0) is 15.1. The molecule has 1 aliphatic carbocycles. The lowest BCUT2D eigenvalue weighted by atomic mass is 10.1. The van der Waals surface area contributed by atoms with E-state index in [1.54, 1.807) is 0 Å². The lowest BCUT2D eigenvalue weighted by Crippen LogP contribution is -2.18. The average molecular weight is 291 g/mol. The van der Waals surface area contributed by atoms with Gasteiger partial charge in [-0.15, -0.1) is 0 Å². The first-order chi connectivity index (χ1) is 10.2. The maximum Gasteiger partial charge on any atom is 0.127 e. The van der Waals surface area contributed by atoms with Crippen molar-refractivity contribution < 1.29 is 9.47 Å². The van der Waals surface area contributed by atoms with Gasteiger partial charge in [-0.2, -0.15) is 0 Å². The molecule has 1 aromatic rings. The Morgan fingerprint density at radius 1 is 1.24 bits per heavy atom. The molecule has 1 fully saturated rings. The molecule has 0 spiro atoms. The van der Waals surface area contributed by atoms with Gasteiger partial charge in [0.15, 0.2) is 0 Å². The molecule has 1 saturated carbocycles. The van der Waals surface area contributed by atoms with Gasteiger partial charge in [-0.05, 0) is 38.7 Å². The van der Waals surface area contributed by atoms with E-state index in [1.165, 1.54) is 18.4 Å². The number of nitrogens with one attached hydrogen (secondary N) is 1. The van der Waals surface area contributed by atoms with E-state index in [1.807, 2.05) is 6.07 Å². The maximum absolute atomic E-state index is 6.14. The van der Waals surface area contributed by atoms with E-state index in [2.05, 4.69) is 38.2 Å². The minimum atomic E-state index is 0.246. The van der Waals surface area contributed by atoms with Gasteiger partial charge in [-0.1, -0.05) is 26.3 Å². The first-order valence-corrected chi connectivity index (χ1v) is 8.38. The highest BCUT2D eigenvalue weighted by Gasteiger charge is 2.21. The summed E-state index contributed by atoms with van der Waals surface area (Å²) in [7, 11) is 0. The third-order valence-electron chi connectivity index (χ3n) is 3.69. The summed E-state index contributed by atoms with van der Waals surface area (Å²) in [6, 6.07) is 6.94. The van der Waals surface area contributed by atoms with Gasteiger partial charge in [0.1, 0.15) is 11.5 Å². The second-order valence-electron chi connectivity index (χ2n) is 5.99. The molecule has 3 nitrogen and oxygen atoms in total. The van der Waals surface area contributed by atoms with Crippen molar-refractivity contribution in [3.63, 3.8) is 0 Å². The molecule has 2 rings (SSSR count). The van der Waals surface area contributed by atoms with E-state index in [-0.39, 0.29) is 6.10 Å². The summed E-state index contributed by atoms with van der Waals surface area (Å²) in [6.07, 6.45) is 6.10. The molecule has 21 heavy (non-hydrogen) atoms. The van der Waals surface area contributed by atoms with Gasteiger partial charge in [-0.25, -0.2) is 0 Å². The summed E-state index contributed by atoms with van der Waals surface area (Å²) in [4.78, 5) is 0. The van der Waals surface area contributed by atoms with Crippen molar-refractivity contribution in [2.75, 3.05) is 6.61 Å². The Bertz CT molecular complexity index is 429. The maximum atomic E-state index is 6.14. The van der Waals surface area contributed by atoms with Crippen LogP contribution in [0.15, 0.2) is 18.2 Å². The number of hydrogen-bond donors (Lipinski definition) is 1. The van der Waals surface area contributed by atoms with E-state index >= 15 is 0 Å². The Labute approximate surface area is 129 Å². The molecule has 0 heterocycles. The Morgan fingerprint density at radius 3 is 2.71 bits per heavy atom. The highest BCUT2D eigenvalue weighted by molar-refractivity contribution is 5.41. The fraction of sp³-hybridized carbons (Fsp3) is 0.667. The quantitative estimate of drug-likeness (QED) is 0.697. The Hall–Kier alpha value is -1.22. The topological polar surface area (TPSA) is 30.5 Å². The first kappa shape index (κ1) is 16.2. The van der Waals surface area contributed by atoms with Gasteiger partial charge in [0, 0.05) is 24.2 Å². The first-order valence-electron chi connectivity index (χ1n) is 8.38. The van der Waals surface area contributed by atoms with Crippen molar-refractivity contribution in [2.45, 2.75) is 71.6 Å². The Morgan fingerprint density at radius 2 is 2.05 bits per heavy atom. The van der Waals surface area contributed by atoms with Crippen LogP contribution in [-0.2, 0) is 6.54 Å². The molecule has 118 valence electrons. The molecule has 1 atom stereocenters. The minimum absolute atomic E-state index is 0.246. The molecule has 1 aliphatic rings. The van der Waals surface area contributed by atoms with Crippen LogP contribution < -0.4 is 14.8 Å². The van der Waals surface area contributed by atoms with Gasteiger partial charge in [0.05, 0.1) is 12.7 Å². The summed E-state index contributed by atoms with van der Waals surface area (Å²) in [5.74, 6) is 1.88. The number of ether oxygens (including phenoxy) is 2. The molecular weight excluding hydrogens is 262 g/mol. The van der Waals surface area contributed by atoms with Crippen LogP contribution in [-0.4, -0.2) is 18.8 Å². The lowest BCUT2D eigenvalue weighted by molar-refractivity contribution is 0.206. The van der Waals surface area contributed by atoms with E-state index < -0.39 is 0 Å². The van der Waals surface area contributed by atoms with Crippen molar-refractivity contribution >= 4 is 0 Å². The molecule has 1 aromatic carbocycles. The second kappa shape index (κ2) is 8.28. The molecule has 0 radical (unpaired) electrons. The number of rotatable bonds is 10. The molecule has 1 unspecified atom stereocenters. The monoisotopic (exact) mass is 291 g/mol. The molecular formula is C18H29NO2. The highest BCUT2D eigenvalue weighted by Crippen LogP contribution is 2.28. The third kappa shape index (κ3) is 5.58. The van der Waals surface area contributed by atoms with Crippen LogP contribution in [0.2, 0.25) is 0 Å². The smallest absolute Gasteiger partial charge is 0.127 e. The highest BCUT2D eigenvalue weighted by atomic mass is 16.5. The largest absolute Gasteiger partial charge is 0.493 e. The molecule has 0 saturated heterocycles. The van der Waals surface area contributed by atoms with Gasteiger partial charge in [-0.3, -0.25) is 0 Å². The molecule has 0 aromatic heterocycles. The van der Waals surface area contributed by atoms with E-state index in [9.17, 15) is 0 Å². The fourth-order valence-corrected chi connectivity index (χ4v) is 2.32. The summed E-state index contributed by atoms with van der Waals surface area (Å²) in [5.41, 5.74) is 1.23. The molecule has 3 heteroatoms. The van der Waals surface area contributed by atoms with Crippen LogP contribution in [0, 0.1) is 0 Å². The number of hydrogen-bond acceptors (Lipinski definition) is 3. The van der Waals surface area contributed by atoms with Crippen molar-refractivity contribution in [1.29, 1.82) is 0 Å². The Balaban J connectivity index is 2.04. The van der Waals surface area contributed by atoms with Gasteiger partial charge in [0.25, 0.3) is 0 Å². The summed E-state index contributed by atoms with van der Waals surface area (Å²) >= 11 is 0. The third-order valence-corrected chi connectivity index (χ3v) is 3.69. The summed E-state index contributed by atoms with van der Waals surface area (Å²) < 4.78 is 11.9. The van der Waals surface area contributed by atoms with Crippen LogP contribution >= 0.6 is 0 Å². The standard InChI is InChI=1S/C18H29NO2/c1-4-6-14(3)21-18-12-17(20-11-5-2)10-7-15(18)13-19-16-8-9-16/h7,10,12,14,16,19H,4-6,8-9,11,13H2,1-3H3. The molecule has 0 amide bonds. The van der Waals surface area contributed by atoms with Crippen molar-refractivity contribution in [3.8, 4) is 11.5 Å². The van der Waals surface area contributed by atoms with Crippen LogP contribution in [0.5, 0.6) is 11.5 Å². The molecule has 1 N–H and O–H groups in total. The lowest BCUT2D eigenvalue weighted by Gasteiger charge is -2.18. The van der Waals surface area contributed by atoms with Crippen LogP contribution in [0.1, 0.15) is 58.4 Å². The van der Waals surface area contributed by atoms with E-state index in [0.29, 0.717) is 6.04 Å². The summed E-state index contributed by atoms with van der Waals surface area (Å²) in [5, 5.41) is 3.56. The predicted molar refractivity (Wildman–Crippen MR) is 87.1 cm³/mol. The SMILES string of the molecule is CCCOc1ccc(CNC2CC2)c(OC(C)CCC)c1. The zero-order valence-electron chi connectivity index (χ0n) is 13.7. The van der Waals surface area contributed by atoms with Crippen molar-refractivity contribution in [3.05, 3.63) is 23.8 Å². The number of benzene rings is 1. The van der Waals surface area contributed by atoms with Crippen molar-refractivity contribution in [1.82, 2.24) is 5.32 Å². The van der Waals surface area contributed by atoms with E-state index in [4.69, 9.17) is 9.47 Å². The van der Waals surface area contributed by atoms with Crippen LogP contribution in [0.4, 0.5) is 0 Å². The fourth-order valence-electron chi connectivity index (χ4n) is 2.32. The zero-order valence-corrected chi connectivity index (χ0v) is 13.7. The van der Waals surface area contributed by atoms with Gasteiger partial charge < -0.3 is 14.8 Å². The van der Waals surface area contributed by atoms with Crippen LogP contribution in [0.25, 0.3) is 0 Å². The molecule has 0 bridgehead atoms. The van der Waals surface area contributed by atoms with Gasteiger partial charge >= 0.3 is 0 Å². The average Bonchev–Trinajstić information content (AvgIpc) is 3.28. The van der Waals surface area contributed by atoms with Crippen molar-refractivity contribution in [2.24, 2.45) is 0 Å². The van der Waals surface area contributed by atoms with Gasteiger partial charge in [0.2, 0.25) is 0 Å².